The number of methoxy groups -OCH3 is 2. The van der Waals surface area contributed by atoms with Gasteiger partial charge in [0.2, 0.25) is 5.91 Å². The van der Waals surface area contributed by atoms with Crippen LogP contribution in [0.1, 0.15) is 17.0 Å². The van der Waals surface area contributed by atoms with Crippen LogP contribution in [0.3, 0.4) is 0 Å². The van der Waals surface area contributed by atoms with Crippen LogP contribution in [0, 0.1) is 13.8 Å². The van der Waals surface area contributed by atoms with Gasteiger partial charge in [-0.25, -0.2) is 0 Å². The molecule has 0 aliphatic rings. The molecule has 0 spiro atoms. The fraction of sp³-hybridized carbons (Fsp3) is 0.412. The van der Waals surface area contributed by atoms with Crippen LogP contribution in [0.15, 0.2) is 24.3 Å². The molecule has 6 heteroatoms. The predicted octanol–water partition coefficient (Wildman–Crippen LogP) is 1.88. The van der Waals surface area contributed by atoms with Crippen molar-refractivity contribution in [3.63, 3.8) is 0 Å². The topological polar surface area (TPSA) is 65.4 Å². The van der Waals surface area contributed by atoms with E-state index in [1.807, 2.05) is 38.1 Å². The van der Waals surface area contributed by atoms with Gasteiger partial charge < -0.3 is 14.8 Å². The largest absolute Gasteiger partial charge is 0.497 e. The average molecular weight is 317 g/mol. The molecule has 0 aliphatic heterocycles. The number of hydrogen-bond acceptors (Lipinski definition) is 4. The highest BCUT2D eigenvalue weighted by Gasteiger charge is 2.08. The molecule has 2 rings (SSSR count). The van der Waals surface area contributed by atoms with Crippen molar-refractivity contribution in [3.05, 3.63) is 41.2 Å². The molecule has 1 aromatic heterocycles. The maximum absolute atomic E-state index is 12.0. The Bertz CT molecular complexity index is 680. The molecule has 124 valence electrons. The van der Waals surface area contributed by atoms with Gasteiger partial charge in [-0.2, -0.15) is 5.10 Å². The van der Waals surface area contributed by atoms with E-state index >= 15 is 0 Å². The standard InChI is InChI=1S/C17H23N3O3/c1-12-9-13(2)20(19-12)11-17(21)18-8-7-14-10-15(22-3)5-6-16(14)23-4/h5-6,9-10H,7-8,11H2,1-4H3,(H,18,21). The van der Waals surface area contributed by atoms with Crippen LogP contribution in [0.2, 0.25) is 0 Å². The third-order valence-electron chi connectivity index (χ3n) is 3.60. The lowest BCUT2D eigenvalue weighted by Crippen LogP contribution is -2.30. The lowest BCUT2D eigenvalue weighted by atomic mass is 10.1. The van der Waals surface area contributed by atoms with E-state index in [2.05, 4.69) is 10.4 Å². The van der Waals surface area contributed by atoms with Crippen molar-refractivity contribution in [2.75, 3.05) is 20.8 Å². The van der Waals surface area contributed by atoms with Gasteiger partial charge in [-0.05, 0) is 50.1 Å². The van der Waals surface area contributed by atoms with E-state index < -0.39 is 0 Å². The normalized spacial score (nSPS) is 10.4. The summed E-state index contributed by atoms with van der Waals surface area (Å²) < 4.78 is 12.3. The van der Waals surface area contributed by atoms with E-state index in [9.17, 15) is 4.79 Å². The molecule has 0 unspecified atom stereocenters. The Hall–Kier alpha value is -2.50. The Kier molecular flexibility index (Phi) is 5.62. The third-order valence-corrected chi connectivity index (χ3v) is 3.60. The quantitative estimate of drug-likeness (QED) is 0.847. The third kappa shape index (κ3) is 4.48. The highest BCUT2D eigenvalue weighted by Crippen LogP contribution is 2.24. The first-order valence-electron chi connectivity index (χ1n) is 7.52. The smallest absolute Gasteiger partial charge is 0.241 e. The molecular weight excluding hydrogens is 294 g/mol. The van der Waals surface area contributed by atoms with Gasteiger partial charge in [-0.1, -0.05) is 0 Å². The number of benzene rings is 1. The lowest BCUT2D eigenvalue weighted by molar-refractivity contribution is -0.121. The van der Waals surface area contributed by atoms with Crippen molar-refractivity contribution in [2.24, 2.45) is 0 Å². The first-order valence-corrected chi connectivity index (χ1v) is 7.52. The Morgan fingerprint density at radius 1 is 1.22 bits per heavy atom. The van der Waals surface area contributed by atoms with Crippen LogP contribution in [0.25, 0.3) is 0 Å². The number of carbonyl (C=O) groups excluding carboxylic acids is 1. The first-order chi connectivity index (χ1) is 11.0. The van der Waals surface area contributed by atoms with Gasteiger partial charge in [-0.3, -0.25) is 9.48 Å². The molecular formula is C17H23N3O3. The summed E-state index contributed by atoms with van der Waals surface area (Å²) in [4.78, 5) is 12.0. The number of amides is 1. The molecule has 0 aliphatic carbocycles. The van der Waals surface area contributed by atoms with Crippen molar-refractivity contribution in [3.8, 4) is 11.5 Å². The maximum atomic E-state index is 12.0. The second-order valence-corrected chi connectivity index (χ2v) is 5.36. The van der Waals surface area contributed by atoms with Crippen LogP contribution in [0.5, 0.6) is 11.5 Å². The van der Waals surface area contributed by atoms with Crippen molar-refractivity contribution in [2.45, 2.75) is 26.8 Å². The molecule has 1 amide bonds. The van der Waals surface area contributed by atoms with Gasteiger partial charge in [0.25, 0.3) is 0 Å². The first kappa shape index (κ1) is 16.9. The van der Waals surface area contributed by atoms with Crippen molar-refractivity contribution >= 4 is 5.91 Å². The number of nitrogens with zero attached hydrogens (tertiary/aromatic N) is 2. The molecule has 0 saturated carbocycles. The monoisotopic (exact) mass is 317 g/mol. The lowest BCUT2D eigenvalue weighted by Gasteiger charge is -2.11. The van der Waals surface area contributed by atoms with Gasteiger partial charge in [0.05, 0.1) is 19.9 Å². The molecule has 0 saturated heterocycles. The number of rotatable bonds is 7. The highest BCUT2D eigenvalue weighted by molar-refractivity contribution is 5.75. The van der Waals surface area contributed by atoms with Crippen LogP contribution in [-0.2, 0) is 17.8 Å². The molecule has 0 radical (unpaired) electrons. The van der Waals surface area contributed by atoms with Gasteiger partial charge in [0.1, 0.15) is 18.0 Å². The van der Waals surface area contributed by atoms with Crippen LogP contribution in [0.4, 0.5) is 0 Å². The van der Waals surface area contributed by atoms with E-state index in [0.29, 0.717) is 13.0 Å². The SMILES string of the molecule is COc1ccc(OC)c(CCNC(=O)Cn2nc(C)cc2C)c1. The van der Waals surface area contributed by atoms with E-state index in [4.69, 9.17) is 9.47 Å². The van der Waals surface area contributed by atoms with Crippen molar-refractivity contribution in [1.82, 2.24) is 15.1 Å². The zero-order chi connectivity index (χ0) is 16.8. The molecule has 23 heavy (non-hydrogen) atoms. The number of ether oxygens (including phenoxy) is 2. The zero-order valence-corrected chi connectivity index (χ0v) is 14.0. The summed E-state index contributed by atoms with van der Waals surface area (Å²) in [5.41, 5.74) is 2.89. The number of hydrogen-bond donors (Lipinski definition) is 1. The fourth-order valence-electron chi connectivity index (χ4n) is 2.44. The summed E-state index contributed by atoms with van der Waals surface area (Å²) in [6.07, 6.45) is 0.670. The van der Waals surface area contributed by atoms with Gasteiger partial charge in [0.15, 0.2) is 0 Å². The minimum absolute atomic E-state index is 0.0573. The Morgan fingerprint density at radius 3 is 2.61 bits per heavy atom. The second kappa shape index (κ2) is 7.67. The molecule has 2 aromatic rings. The van der Waals surface area contributed by atoms with E-state index in [-0.39, 0.29) is 12.5 Å². The highest BCUT2D eigenvalue weighted by atomic mass is 16.5. The number of carbonyl (C=O) groups is 1. The van der Waals surface area contributed by atoms with Gasteiger partial charge in [-0.15, -0.1) is 0 Å². The summed E-state index contributed by atoms with van der Waals surface area (Å²) in [5, 5.41) is 7.19. The molecule has 0 atom stereocenters. The minimum atomic E-state index is -0.0573. The Labute approximate surface area is 136 Å². The van der Waals surface area contributed by atoms with Crippen molar-refractivity contribution in [1.29, 1.82) is 0 Å². The summed E-state index contributed by atoms with van der Waals surface area (Å²) in [6.45, 7) is 4.61. The van der Waals surface area contributed by atoms with Crippen LogP contribution >= 0.6 is 0 Å². The van der Waals surface area contributed by atoms with Gasteiger partial charge in [0, 0.05) is 12.2 Å². The van der Waals surface area contributed by atoms with E-state index in [1.54, 1.807) is 18.9 Å². The summed E-state index contributed by atoms with van der Waals surface area (Å²) in [6, 6.07) is 7.59. The molecule has 1 aromatic carbocycles. The average Bonchev–Trinajstić information content (AvgIpc) is 2.84. The molecule has 1 heterocycles. The summed E-state index contributed by atoms with van der Waals surface area (Å²) in [5.74, 6) is 1.51. The fourth-order valence-corrected chi connectivity index (χ4v) is 2.44. The number of aromatic nitrogens is 2. The van der Waals surface area contributed by atoms with E-state index in [0.717, 1.165) is 28.5 Å². The molecule has 0 bridgehead atoms. The van der Waals surface area contributed by atoms with Gasteiger partial charge >= 0.3 is 0 Å². The van der Waals surface area contributed by atoms with E-state index in [1.165, 1.54) is 0 Å². The number of aryl methyl sites for hydroxylation is 2. The van der Waals surface area contributed by atoms with Crippen LogP contribution in [-0.4, -0.2) is 36.5 Å². The molecule has 1 N–H and O–H groups in total. The second-order valence-electron chi connectivity index (χ2n) is 5.36. The summed E-state index contributed by atoms with van der Waals surface area (Å²) in [7, 11) is 3.26. The Balaban J connectivity index is 1.89. The molecule has 0 fully saturated rings. The summed E-state index contributed by atoms with van der Waals surface area (Å²) >= 11 is 0. The Morgan fingerprint density at radius 2 is 2.00 bits per heavy atom. The maximum Gasteiger partial charge on any atom is 0.241 e. The van der Waals surface area contributed by atoms with Crippen molar-refractivity contribution < 1.29 is 14.3 Å². The number of nitrogens with one attached hydrogen (secondary N) is 1. The predicted molar refractivity (Wildman–Crippen MR) is 88.0 cm³/mol. The van der Waals surface area contributed by atoms with Crippen LogP contribution < -0.4 is 14.8 Å². The minimum Gasteiger partial charge on any atom is -0.497 e. The molecule has 6 nitrogen and oxygen atoms in total. The zero-order valence-electron chi connectivity index (χ0n) is 14.0.